The molecule has 2 N–H and O–H groups in total. The first-order chi connectivity index (χ1) is 12.9. The maximum absolute atomic E-state index is 12.4. The summed E-state index contributed by atoms with van der Waals surface area (Å²) >= 11 is 3.30. The Balaban J connectivity index is 1.61. The molecule has 1 aliphatic heterocycles. The summed E-state index contributed by atoms with van der Waals surface area (Å²) in [5.74, 6) is -1.42. The van der Waals surface area contributed by atoms with Crippen LogP contribution in [0, 0.1) is 19.8 Å². The molecule has 0 unspecified atom stereocenters. The Hall–Kier alpha value is -2.67. The number of nitrogens with one attached hydrogen (secondary N) is 2. The van der Waals surface area contributed by atoms with E-state index in [4.69, 9.17) is 0 Å². The number of nitrogens with zero attached hydrogens (tertiary/aromatic N) is 1. The van der Waals surface area contributed by atoms with Gasteiger partial charge in [0.05, 0.1) is 11.5 Å². The quantitative estimate of drug-likeness (QED) is 0.736. The SMILES string of the molecule is Cc1ccc(N2C[C@H](C(=O)NNC(=O)c3ccccc3Br)CC2=O)cc1C. The second kappa shape index (κ2) is 7.92. The monoisotopic (exact) mass is 429 g/mol. The Kier molecular flexibility index (Phi) is 5.60. The summed E-state index contributed by atoms with van der Waals surface area (Å²) in [6, 6.07) is 12.7. The lowest BCUT2D eigenvalue weighted by Crippen LogP contribution is -2.45. The van der Waals surface area contributed by atoms with E-state index < -0.39 is 11.8 Å². The molecular weight excluding hydrogens is 410 g/mol. The van der Waals surface area contributed by atoms with Crippen molar-refractivity contribution < 1.29 is 14.4 Å². The van der Waals surface area contributed by atoms with E-state index in [1.54, 1.807) is 29.2 Å². The van der Waals surface area contributed by atoms with Crippen LogP contribution in [0.3, 0.4) is 0 Å². The minimum absolute atomic E-state index is 0.101. The Morgan fingerprint density at radius 1 is 1.07 bits per heavy atom. The summed E-state index contributed by atoms with van der Waals surface area (Å²) in [5.41, 5.74) is 8.27. The van der Waals surface area contributed by atoms with Crippen LogP contribution in [0.15, 0.2) is 46.9 Å². The average molecular weight is 430 g/mol. The van der Waals surface area contributed by atoms with Crippen LogP contribution in [0.2, 0.25) is 0 Å². The number of aryl methyl sites for hydroxylation is 2. The van der Waals surface area contributed by atoms with E-state index in [-0.39, 0.29) is 24.8 Å². The molecule has 1 atom stereocenters. The van der Waals surface area contributed by atoms with Crippen LogP contribution in [0.25, 0.3) is 0 Å². The van der Waals surface area contributed by atoms with Crippen molar-refractivity contribution in [2.24, 2.45) is 5.92 Å². The molecule has 0 bridgehead atoms. The highest BCUT2D eigenvalue weighted by molar-refractivity contribution is 9.10. The van der Waals surface area contributed by atoms with Gasteiger partial charge < -0.3 is 4.90 Å². The standard InChI is InChI=1S/C20H20BrN3O3/c1-12-7-8-15(9-13(12)2)24-11-14(10-18(24)25)19(26)22-23-20(27)16-5-3-4-6-17(16)21/h3-9,14H,10-11H2,1-2H3,(H,22,26)(H,23,27)/t14-/m1/s1. The van der Waals surface area contributed by atoms with Gasteiger partial charge in [-0.15, -0.1) is 0 Å². The van der Waals surface area contributed by atoms with Crippen molar-refractivity contribution in [3.8, 4) is 0 Å². The van der Waals surface area contributed by atoms with E-state index in [0.717, 1.165) is 16.8 Å². The first-order valence-corrected chi connectivity index (χ1v) is 9.38. The van der Waals surface area contributed by atoms with Gasteiger partial charge in [-0.05, 0) is 65.2 Å². The zero-order valence-electron chi connectivity index (χ0n) is 15.1. The summed E-state index contributed by atoms with van der Waals surface area (Å²) in [6.07, 6.45) is 0.115. The number of carbonyl (C=O) groups is 3. The predicted octanol–water partition coefficient (Wildman–Crippen LogP) is 2.88. The van der Waals surface area contributed by atoms with Crippen molar-refractivity contribution >= 4 is 39.3 Å². The predicted molar refractivity (Wildman–Crippen MR) is 106 cm³/mol. The van der Waals surface area contributed by atoms with Crippen molar-refractivity contribution in [3.63, 3.8) is 0 Å². The van der Waals surface area contributed by atoms with E-state index in [0.29, 0.717) is 10.0 Å². The highest BCUT2D eigenvalue weighted by Crippen LogP contribution is 2.26. The molecule has 140 valence electrons. The molecule has 0 spiro atoms. The van der Waals surface area contributed by atoms with Gasteiger partial charge >= 0.3 is 0 Å². The third-order valence-corrected chi connectivity index (χ3v) is 5.41. The maximum Gasteiger partial charge on any atom is 0.270 e. The molecule has 1 heterocycles. The molecule has 2 aromatic rings. The fourth-order valence-electron chi connectivity index (χ4n) is 2.96. The van der Waals surface area contributed by atoms with Gasteiger partial charge in [0.1, 0.15) is 0 Å². The molecule has 1 saturated heterocycles. The van der Waals surface area contributed by atoms with Gasteiger partial charge in [-0.25, -0.2) is 0 Å². The Morgan fingerprint density at radius 2 is 1.81 bits per heavy atom. The summed E-state index contributed by atoms with van der Waals surface area (Å²) < 4.78 is 0.633. The summed E-state index contributed by atoms with van der Waals surface area (Å²) in [6.45, 7) is 4.29. The molecule has 27 heavy (non-hydrogen) atoms. The first kappa shape index (κ1) is 19.1. The van der Waals surface area contributed by atoms with Crippen LogP contribution in [0.4, 0.5) is 5.69 Å². The zero-order valence-corrected chi connectivity index (χ0v) is 16.7. The van der Waals surface area contributed by atoms with Crippen LogP contribution in [-0.2, 0) is 9.59 Å². The molecule has 6 nitrogen and oxygen atoms in total. The number of hydrogen-bond donors (Lipinski definition) is 2. The van der Waals surface area contributed by atoms with Gasteiger partial charge in [-0.1, -0.05) is 18.2 Å². The van der Waals surface area contributed by atoms with Crippen LogP contribution < -0.4 is 15.8 Å². The summed E-state index contributed by atoms with van der Waals surface area (Å²) in [7, 11) is 0. The largest absolute Gasteiger partial charge is 0.312 e. The number of amides is 3. The Bertz CT molecular complexity index is 913. The van der Waals surface area contributed by atoms with E-state index >= 15 is 0 Å². The van der Waals surface area contributed by atoms with Gasteiger partial charge in [0.2, 0.25) is 11.8 Å². The van der Waals surface area contributed by atoms with Crippen molar-refractivity contribution in [3.05, 3.63) is 63.6 Å². The number of rotatable bonds is 3. The van der Waals surface area contributed by atoms with Crippen molar-refractivity contribution in [2.75, 3.05) is 11.4 Å². The third-order valence-electron chi connectivity index (χ3n) is 4.72. The number of hydrogen-bond acceptors (Lipinski definition) is 3. The van der Waals surface area contributed by atoms with Crippen molar-refractivity contribution in [1.82, 2.24) is 10.9 Å². The minimum Gasteiger partial charge on any atom is -0.312 e. The normalized spacial score (nSPS) is 16.3. The lowest BCUT2D eigenvalue weighted by Gasteiger charge is -2.18. The summed E-state index contributed by atoms with van der Waals surface area (Å²) in [5, 5.41) is 0. The molecule has 2 aromatic carbocycles. The molecule has 3 rings (SSSR count). The van der Waals surface area contributed by atoms with E-state index in [2.05, 4.69) is 26.8 Å². The van der Waals surface area contributed by atoms with Crippen LogP contribution >= 0.6 is 15.9 Å². The Labute approximate surface area is 166 Å². The van der Waals surface area contributed by atoms with Gasteiger partial charge in [-0.3, -0.25) is 25.2 Å². The molecule has 0 saturated carbocycles. The van der Waals surface area contributed by atoms with Crippen LogP contribution in [0.1, 0.15) is 27.9 Å². The molecular formula is C20H20BrN3O3. The maximum atomic E-state index is 12.4. The highest BCUT2D eigenvalue weighted by Gasteiger charge is 2.35. The lowest BCUT2D eigenvalue weighted by molar-refractivity contribution is -0.126. The molecule has 0 radical (unpaired) electrons. The van der Waals surface area contributed by atoms with Gasteiger partial charge in [0.15, 0.2) is 0 Å². The number of benzene rings is 2. The number of halogens is 1. The minimum atomic E-state index is -0.515. The first-order valence-electron chi connectivity index (χ1n) is 8.59. The smallest absolute Gasteiger partial charge is 0.270 e. The topological polar surface area (TPSA) is 78.5 Å². The molecule has 0 aliphatic carbocycles. The van der Waals surface area contributed by atoms with Crippen molar-refractivity contribution in [1.29, 1.82) is 0 Å². The fraction of sp³-hybridized carbons (Fsp3) is 0.250. The second-order valence-corrected chi connectivity index (χ2v) is 7.45. The average Bonchev–Trinajstić information content (AvgIpc) is 3.04. The summed E-state index contributed by atoms with van der Waals surface area (Å²) in [4.78, 5) is 38.5. The van der Waals surface area contributed by atoms with Crippen molar-refractivity contribution in [2.45, 2.75) is 20.3 Å². The molecule has 0 aromatic heterocycles. The Morgan fingerprint density at radius 3 is 2.52 bits per heavy atom. The highest BCUT2D eigenvalue weighted by atomic mass is 79.9. The van der Waals surface area contributed by atoms with Crippen LogP contribution in [-0.4, -0.2) is 24.3 Å². The lowest BCUT2D eigenvalue weighted by atomic mass is 10.1. The molecule has 1 aliphatic rings. The fourth-order valence-corrected chi connectivity index (χ4v) is 3.42. The van der Waals surface area contributed by atoms with Gasteiger partial charge in [0, 0.05) is 23.1 Å². The number of carbonyl (C=O) groups excluding carboxylic acids is 3. The number of hydrazine groups is 1. The van der Waals surface area contributed by atoms with E-state index in [1.807, 2.05) is 32.0 Å². The van der Waals surface area contributed by atoms with Crippen LogP contribution in [0.5, 0.6) is 0 Å². The second-order valence-electron chi connectivity index (χ2n) is 6.60. The van der Waals surface area contributed by atoms with E-state index in [1.165, 1.54) is 0 Å². The molecule has 1 fully saturated rings. The van der Waals surface area contributed by atoms with Gasteiger partial charge in [0.25, 0.3) is 5.91 Å². The van der Waals surface area contributed by atoms with E-state index in [9.17, 15) is 14.4 Å². The number of anilines is 1. The zero-order chi connectivity index (χ0) is 19.6. The molecule has 7 heteroatoms. The third kappa shape index (κ3) is 4.19. The van der Waals surface area contributed by atoms with Gasteiger partial charge in [-0.2, -0.15) is 0 Å². The molecule has 3 amide bonds.